The van der Waals surface area contributed by atoms with Crippen molar-refractivity contribution in [2.45, 2.75) is 24.9 Å². The van der Waals surface area contributed by atoms with Gasteiger partial charge in [0.2, 0.25) is 0 Å². The number of nitrogens with zero attached hydrogens (tertiary/aromatic N) is 2. The number of hydrogen-bond acceptors (Lipinski definition) is 3. The molecule has 2 saturated heterocycles. The van der Waals surface area contributed by atoms with Crippen LogP contribution in [0.1, 0.15) is 19.3 Å². The largest absolute Gasteiger partial charge is 0.387 e. The summed E-state index contributed by atoms with van der Waals surface area (Å²) in [6, 6.07) is 0. The second-order valence-electron chi connectivity index (χ2n) is 4.70. The minimum atomic E-state index is -0.418. The second-order valence-corrected chi connectivity index (χ2v) is 4.70. The van der Waals surface area contributed by atoms with Crippen LogP contribution in [0.25, 0.3) is 0 Å². The zero-order valence-electron chi connectivity index (χ0n) is 8.50. The van der Waals surface area contributed by atoms with Gasteiger partial charge >= 0.3 is 0 Å². The van der Waals surface area contributed by atoms with Crippen molar-refractivity contribution in [3.05, 3.63) is 0 Å². The molecule has 2 aliphatic heterocycles. The second kappa shape index (κ2) is 3.56. The Morgan fingerprint density at radius 1 is 1.23 bits per heavy atom. The van der Waals surface area contributed by atoms with Gasteiger partial charge in [-0.1, -0.05) is 0 Å². The van der Waals surface area contributed by atoms with E-state index in [4.69, 9.17) is 0 Å². The Kier molecular flexibility index (Phi) is 2.58. The smallest absolute Gasteiger partial charge is 0.0912 e. The molecular weight excluding hydrogens is 164 g/mol. The van der Waals surface area contributed by atoms with E-state index in [-0.39, 0.29) is 0 Å². The molecule has 2 rings (SSSR count). The fourth-order valence-corrected chi connectivity index (χ4v) is 2.55. The lowest BCUT2D eigenvalue weighted by atomic mass is 10.0. The van der Waals surface area contributed by atoms with Crippen LogP contribution in [0.4, 0.5) is 0 Å². The molecule has 0 aromatic carbocycles. The molecule has 1 unspecified atom stereocenters. The average molecular weight is 184 g/mol. The summed E-state index contributed by atoms with van der Waals surface area (Å²) >= 11 is 0. The number of β-amino-alcohol motifs (C(OH)–C–C–N with tert-alkyl or cyclic N) is 1. The summed E-state index contributed by atoms with van der Waals surface area (Å²) in [5, 5.41) is 10.2. The first-order chi connectivity index (χ1) is 6.18. The van der Waals surface area contributed by atoms with E-state index in [1.165, 1.54) is 25.9 Å². The van der Waals surface area contributed by atoms with Gasteiger partial charge in [-0.15, -0.1) is 0 Å². The van der Waals surface area contributed by atoms with Crippen LogP contribution in [0, 0.1) is 0 Å². The molecular formula is C10H20N2O. The number of likely N-dealkylation sites (tertiary alicyclic amines) is 2. The standard InChI is InChI=1S/C10H20N2O/c1-11-7-4-10(13,8-11)9-12-5-2-3-6-12/h13H,2-9H2,1H3. The predicted molar refractivity (Wildman–Crippen MR) is 52.7 cm³/mol. The quantitative estimate of drug-likeness (QED) is 0.662. The van der Waals surface area contributed by atoms with Crippen LogP contribution < -0.4 is 0 Å². The van der Waals surface area contributed by atoms with Gasteiger partial charge in [-0.05, 0) is 39.4 Å². The normalized spacial score (nSPS) is 37.4. The van der Waals surface area contributed by atoms with E-state index < -0.39 is 5.60 Å². The van der Waals surface area contributed by atoms with E-state index in [1.807, 2.05) is 0 Å². The highest BCUT2D eigenvalue weighted by molar-refractivity contribution is 4.92. The van der Waals surface area contributed by atoms with Gasteiger partial charge < -0.3 is 14.9 Å². The topological polar surface area (TPSA) is 26.7 Å². The molecule has 0 spiro atoms. The van der Waals surface area contributed by atoms with E-state index >= 15 is 0 Å². The highest BCUT2D eigenvalue weighted by atomic mass is 16.3. The van der Waals surface area contributed by atoms with Crippen LogP contribution >= 0.6 is 0 Å². The van der Waals surface area contributed by atoms with Gasteiger partial charge in [0.25, 0.3) is 0 Å². The fraction of sp³-hybridized carbons (Fsp3) is 1.00. The van der Waals surface area contributed by atoms with E-state index in [0.717, 1.165) is 26.1 Å². The Bertz CT molecular complexity index is 180. The summed E-state index contributed by atoms with van der Waals surface area (Å²) in [7, 11) is 2.09. The lowest BCUT2D eigenvalue weighted by molar-refractivity contribution is 0.0200. The van der Waals surface area contributed by atoms with E-state index in [1.54, 1.807) is 0 Å². The Morgan fingerprint density at radius 3 is 2.46 bits per heavy atom. The van der Waals surface area contributed by atoms with Gasteiger partial charge in [0.1, 0.15) is 0 Å². The maximum absolute atomic E-state index is 10.2. The summed E-state index contributed by atoms with van der Waals surface area (Å²) in [5.41, 5.74) is -0.418. The first-order valence-corrected chi connectivity index (χ1v) is 5.31. The molecule has 0 aliphatic carbocycles. The number of hydrogen-bond donors (Lipinski definition) is 1. The van der Waals surface area contributed by atoms with Gasteiger partial charge in [-0.3, -0.25) is 0 Å². The molecule has 0 bridgehead atoms. The monoisotopic (exact) mass is 184 g/mol. The van der Waals surface area contributed by atoms with Crippen LogP contribution in [0.3, 0.4) is 0 Å². The van der Waals surface area contributed by atoms with Crippen LogP contribution in [0.2, 0.25) is 0 Å². The van der Waals surface area contributed by atoms with Crippen molar-refractivity contribution in [3.8, 4) is 0 Å². The molecule has 0 amide bonds. The maximum Gasteiger partial charge on any atom is 0.0912 e. The van der Waals surface area contributed by atoms with Gasteiger partial charge in [-0.2, -0.15) is 0 Å². The van der Waals surface area contributed by atoms with Crippen molar-refractivity contribution < 1.29 is 5.11 Å². The molecule has 0 saturated carbocycles. The number of rotatable bonds is 2. The number of likely N-dealkylation sites (N-methyl/N-ethyl adjacent to an activating group) is 1. The van der Waals surface area contributed by atoms with E-state index in [2.05, 4.69) is 16.8 Å². The minimum absolute atomic E-state index is 0.418. The average Bonchev–Trinajstić information content (AvgIpc) is 2.62. The highest BCUT2D eigenvalue weighted by Crippen LogP contribution is 2.22. The number of aliphatic hydroxyl groups is 1. The van der Waals surface area contributed by atoms with Crippen molar-refractivity contribution in [2.75, 3.05) is 39.8 Å². The third kappa shape index (κ3) is 2.22. The highest BCUT2D eigenvalue weighted by Gasteiger charge is 2.36. The van der Waals surface area contributed by atoms with Crippen LogP contribution in [-0.4, -0.2) is 60.3 Å². The Morgan fingerprint density at radius 2 is 1.92 bits per heavy atom. The lowest BCUT2D eigenvalue weighted by Gasteiger charge is -2.28. The lowest BCUT2D eigenvalue weighted by Crippen LogP contribution is -2.43. The van der Waals surface area contributed by atoms with Gasteiger partial charge in [0.15, 0.2) is 0 Å². The molecule has 76 valence electrons. The van der Waals surface area contributed by atoms with E-state index in [0.29, 0.717) is 0 Å². The molecule has 0 aromatic heterocycles. The molecule has 3 heteroatoms. The Hall–Kier alpha value is -0.120. The Balaban J connectivity index is 1.85. The molecule has 13 heavy (non-hydrogen) atoms. The molecule has 0 radical (unpaired) electrons. The van der Waals surface area contributed by atoms with Crippen molar-refractivity contribution in [1.29, 1.82) is 0 Å². The summed E-state index contributed by atoms with van der Waals surface area (Å²) in [6.45, 7) is 5.16. The molecule has 2 aliphatic rings. The van der Waals surface area contributed by atoms with Crippen molar-refractivity contribution in [3.63, 3.8) is 0 Å². The fourth-order valence-electron chi connectivity index (χ4n) is 2.55. The zero-order chi connectivity index (χ0) is 9.31. The maximum atomic E-state index is 10.2. The summed E-state index contributed by atoms with van der Waals surface area (Å²) in [6.07, 6.45) is 3.57. The van der Waals surface area contributed by atoms with E-state index in [9.17, 15) is 5.11 Å². The first kappa shape index (κ1) is 9.44. The van der Waals surface area contributed by atoms with Crippen LogP contribution in [0.5, 0.6) is 0 Å². The predicted octanol–water partition coefficient (Wildman–Crippen LogP) is 0.149. The molecule has 2 heterocycles. The molecule has 1 N–H and O–H groups in total. The third-order valence-corrected chi connectivity index (χ3v) is 3.24. The van der Waals surface area contributed by atoms with Crippen molar-refractivity contribution in [2.24, 2.45) is 0 Å². The summed E-state index contributed by atoms with van der Waals surface area (Å²) < 4.78 is 0. The van der Waals surface area contributed by atoms with Gasteiger partial charge in [0, 0.05) is 19.6 Å². The molecule has 0 aromatic rings. The van der Waals surface area contributed by atoms with Crippen LogP contribution in [0.15, 0.2) is 0 Å². The first-order valence-electron chi connectivity index (χ1n) is 5.31. The Labute approximate surface area is 80.3 Å². The molecule has 1 atom stereocenters. The summed E-state index contributed by atoms with van der Waals surface area (Å²) in [5.74, 6) is 0. The molecule has 2 fully saturated rings. The minimum Gasteiger partial charge on any atom is -0.387 e. The molecule has 3 nitrogen and oxygen atoms in total. The third-order valence-electron chi connectivity index (χ3n) is 3.24. The summed E-state index contributed by atoms with van der Waals surface area (Å²) in [4.78, 5) is 4.62. The van der Waals surface area contributed by atoms with Crippen LogP contribution in [-0.2, 0) is 0 Å². The van der Waals surface area contributed by atoms with Gasteiger partial charge in [-0.25, -0.2) is 0 Å². The van der Waals surface area contributed by atoms with Crippen molar-refractivity contribution in [1.82, 2.24) is 9.80 Å². The SMILES string of the molecule is CN1CCC(O)(CN2CCCC2)C1. The van der Waals surface area contributed by atoms with Crippen molar-refractivity contribution >= 4 is 0 Å². The van der Waals surface area contributed by atoms with Gasteiger partial charge in [0.05, 0.1) is 5.60 Å². The zero-order valence-corrected chi connectivity index (χ0v) is 8.50.